The van der Waals surface area contributed by atoms with Crippen molar-refractivity contribution in [1.29, 1.82) is 0 Å². The third-order valence-electron chi connectivity index (χ3n) is 5.80. The predicted molar refractivity (Wildman–Crippen MR) is 172 cm³/mol. The molecule has 0 radical (unpaired) electrons. The van der Waals surface area contributed by atoms with Gasteiger partial charge in [-0.2, -0.15) is 13.5 Å². The lowest BCUT2D eigenvalue weighted by Crippen LogP contribution is -2.12. The number of nitrogen functional groups attached to an aromatic ring is 1. The Bertz CT molecular complexity index is 1960. The number of nitrogens with zero attached hydrogens (tertiary/aromatic N) is 4. The Hall–Kier alpha value is -3.35. The van der Waals surface area contributed by atoms with E-state index in [2.05, 4.69) is 44.5 Å². The van der Waals surface area contributed by atoms with E-state index >= 15 is 0 Å². The Balaban J connectivity index is 1.83. The molecule has 0 spiro atoms. The van der Waals surface area contributed by atoms with E-state index in [-0.39, 0.29) is 58.9 Å². The van der Waals surface area contributed by atoms with Crippen molar-refractivity contribution in [2.75, 3.05) is 42.8 Å². The highest BCUT2D eigenvalue weighted by Gasteiger charge is 2.22. The SMILES string of the molecule is CNc1cc(N)c(/N=N/c2ccc(S(=O)(=O)CCOSOOO)cc2S(=O)(=O)O)cc1/N=N/c1ccc(S(=O)(=O)CCOSOOO)cc1. The highest BCUT2D eigenvalue weighted by molar-refractivity contribution is 7.92. The molecule has 0 amide bonds. The second kappa shape index (κ2) is 18.6. The Morgan fingerprint density at radius 2 is 1.24 bits per heavy atom. The number of nitrogens with one attached hydrogen (secondary N) is 1. The molecule has 3 aromatic rings. The number of hydrogen-bond donors (Lipinski definition) is 5. The molecule has 0 aromatic heterocycles. The summed E-state index contributed by atoms with van der Waals surface area (Å²) >= 11 is 0.403. The van der Waals surface area contributed by atoms with E-state index in [1.807, 2.05) is 0 Å². The van der Waals surface area contributed by atoms with Gasteiger partial charge < -0.3 is 11.1 Å². The summed E-state index contributed by atoms with van der Waals surface area (Å²) in [4.78, 5) is -1.36. The Morgan fingerprint density at radius 1 is 0.714 bits per heavy atom. The van der Waals surface area contributed by atoms with Crippen LogP contribution in [0.2, 0.25) is 0 Å². The summed E-state index contributed by atoms with van der Waals surface area (Å²) in [7, 11) is -11.3. The summed E-state index contributed by atoms with van der Waals surface area (Å²) in [6, 6.07) is 11.0. The summed E-state index contributed by atoms with van der Waals surface area (Å²) < 4.78 is 102. The summed E-state index contributed by atoms with van der Waals surface area (Å²) in [5, 5.41) is 41.6. The first-order chi connectivity index (χ1) is 23.2. The van der Waals surface area contributed by atoms with Crippen LogP contribution >= 0.6 is 24.6 Å². The van der Waals surface area contributed by atoms with Gasteiger partial charge in [-0.05, 0) is 54.6 Å². The number of anilines is 2. The monoisotopic (exact) mass is 786 g/mol. The first-order valence-electron chi connectivity index (χ1n) is 12.9. The molecule has 0 aliphatic heterocycles. The zero-order valence-electron chi connectivity index (χ0n) is 24.7. The third-order valence-corrected chi connectivity index (χ3v) is 10.8. The molecule has 49 heavy (non-hydrogen) atoms. The van der Waals surface area contributed by atoms with Crippen LogP contribution in [0, 0.1) is 0 Å². The van der Waals surface area contributed by atoms with Gasteiger partial charge in [0.15, 0.2) is 44.3 Å². The van der Waals surface area contributed by atoms with Crippen molar-refractivity contribution in [3.63, 3.8) is 0 Å². The maximum absolute atomic E-state index is 12.6. The molecule has 0 heterocycles. The zero-order valence-corrected chi connectivity index (χ0v) is 28.8. The lowest BCUT2D eigenvalue weighted by molar-refractivity contribution is -0.434. The van der Waals surface area contributed by atoms with E-state index in [9.17, 15) is 29.8 Å². The van der Waals surface area contributed by atoms with E-state index < -0.39 is 63.4 Å². The molecule has 26 heteroatoms. The smallest absolute Gasteiger partial charge is 0.296 e. The molecule has 0 atom stereocenters. The highest BCUT2D eigenvalue weighted by atomic mass is 32.2. The molecule has 0 unspecified atom stereocenters. The fourth-order valence-corrected chi connectivity index (χ4v) is 7.10. The standard InChI is InChI=1S/C23H26N6O15S5/c1-25-21-13-18(24)20(14-22(21)29-26-15-2-4-16(5-3-15)47(32,33)10-8-39-45-43-41-30)28-27-19-7-6-17(12-23(19)49(36,37)38)48(34,35)11-9-40-46-44-42-31/h2-7,12-14,25,30-31H,8-11,24H2,1H3,(H,36,37,38)/b28-27+,29-26+. The van der Waals surface area contributed by atoms with Crippen LogP contribution < -0.4 is 11.1 Å². The lowest BCUT2D eigenvalue weighted by atomic mass is 10.2. The van der Waals surface area contributed by atoms with Gasteiger partial charge in [-0.1, -0.05) is 10.1 Å². The van der Waals surface area contributed by atoms with Gasteiger partial charge in [-0.25, -0.2) is 27.4 Å². The van der Waals surface area contributed by atoms with E-state index in [1.54, 1.807) is 7.05 Å². The number of hydrogen-bond acceptors (Lipinski definition) is 22. The fraction of sp³-hybridized carbons (Fsp3) is 0.217. The minimum Gasteiger partial charge on any atom is -0.397 e. The van der Waals surface area contributed by atoms with Gasteiger partial charge in [0.25, 0.3) is 10.1 Å². The van der Waals surface area contributed by atoms with E-state index in [0.717, 1.165) is 12.1 Å². The molecule has 3 aromatic carbocycles. The second-order valence-corrected chi connectivity index (χ2v) is 15.5. The van der Waals surface area contributed by atoms with Crippen LogP contribution in [0.4, 0.5) is 34.1 Å². The van der Waals surface area contributed by atoms with Crippen LogP contribution in [0.5, 0.6) is 0 Å². The number of azo groups is 2. The van der Waals surface area contributed by atoms with Crippen LogP contribution in [0.3, 0.4) is 0 Å². The van der Waals surface area contributed by atoms with Gasteiger partial charge in [0.05, 0.1) is 51.6 Å². The maximum atomic E-state index is 12.6. The third kappa shape index (κ3) is 12.2. The van der Waals surface area contributed by atoms with Crippen LogP contribution in [-0.4, -0.2) is 72.1 Å². The minimum atomic E-state index is -5.00. The first-order valence-corrected chi connectivity index (χ1v) is 18.9. The van der Waals surface area contributed by atoms with Gasteiger partial charge >= 0.3 is 0 Å². The van der Waals surface area contributed by atoms with Crippen LogP contribution in [0.25, 0.3) is 0 Å². The van der Waals surface area contributed by atoms with Crippen molar-refractivity contribution in [1.82, 2.24) is 0 Å². The van der Waals surface area contributed by atoms with Crippen molar-refractivity contribution in [2.24, 2.45) is 20.5 Å². The average molecular weight is 787 g/mol. The van der Waals surface area contributed by atoms with Crippen molar-refractivity contribution in [3.8, 4) is 0 Å². The molecule has 0 fully saturated rings. The van der Waals surface area contributed by atoms with Gasteiger partial charge in [-0.15, -0.1) is 24.0 Å². The number of benzene rings is 3. The molecular formula is C23H26N6O15S5. The second-order valence-electron chi connectivity index (χ2n) is 8.88. The number of sulfone groups is 2. The molecule has 0 bridgehead atoms. The predicted octanol–water partition coefficient (Wildman–Crippen LogP) is 4.94. The molecule has 21 nitrogen and oxygen atoms in total. The fourth-order valence-electron chi connectivity index (χ4n) is 3.54. The molecule has 6 N–H and O–H groups in total. The topological polar surface area (TPSA) is 306 Å². The zero-order chi connectivity index (χ0) is 36.1. The van der Waals surface area contributed by atoms with Crippen LogP contribution in [0.15, 0.2) is 89.7 Å². The lowest BCUT2D eigenvalue weighted by Gasteiger charge is -2.09. The van der Waals surface area contributed by atoms with Crippen molar-refractivity contribution >= 4 is 88.6 Å². The normalized spacial score (nSPS) is 12.7. The largest absolute Gasteiger partial charge is 0.397 e. The van der Waals surface area contributed by atoms with Crippen molar-refractivity contribution < 1.29 is 67.4 Å². The summed E-state index contributed by atoms with van der Waals surface area (Å²) in [6.45, 7) is -0.703. The summed E-state index contributed by atoms with van der Waals surface area (Å²) in [5.41, 5.74) is 6.59. The quantitative estimate of drug-likeness (QED) is 0.0193. The minimum absolute atomic E-state index is 0.00700. The van der Waals surface area contributed by atoms with E-state index in [1.165, 1.54) is 36.4 Å². The molecular weight excluding hydrogens is 761 g/mol. The van der Waals surface area contributed by atoms with Crippen LogP contribution in [0.1, 0.15) is 0 Å². The molecule has 268 valence electrons. The van der Waals surface area contributed by atoms with Gasteiger partial charge in [0.1, 0.15) is 22.0 Å². The van der Waals surface area contributed by atoms with Crippen LogP contribution in [-0.2, 0) is 56.9 Å². The molecule has 0 saturated heterocycles. The van der Waals surface area contributed by atoms with Gasteiger partial charge in [-0.3, -0.25) is 12.9 Å². The van der Waals surface area contributed by atoms with E-state index in [4.69, 9.17) is 24.6 Å². The van der Waals surface area contributed by atoms with E-state index in [0.29, 0.717) is 11.8 Å². The number of nitrogens with two attached hydrogens (primary N) is 1. The average Bonchev–Trinajstić information content (AvgIpc) is 3.06. The Morgan fingerprint density at radius 3 is 1.80 bits per heavy atom. The Labute approximate surface area is 287 Å². The summed E-state index contributed by atoms with van der Waals surface area (Å²) in [5.74, 6) is -1.03. The number of rotatable bonds is 20. The Kier molecular flexibility index (Phi) is 15.2. The summed E-state index contributed by atoms with van der Waals surface area (Å²) in [6.07, 6.45) is 0. The maximum Gasteiger partial charge on any atom is 0.296 e. The van der Waals surface area contributed by atoms with Gasteiger partial charge in [0, 0.05) is 7.05 Å². The van der Waals surface area contributed by atoms with Crippen molar-refractivity contribution in [2.45, 2.75) is 14.7 Å². The van der Waals surface area contributed by atoms with Gasteiger partial charge in [0.2, 0.25) is 0 Å². The first kappa shape index (κ1) is 40.1. The van der Waals surface area contributed by atoms with Crippen molar-refractivity contribution in [3.05, 3.63) is 54.6 Å². The molecule has 0 aliphatic carbocycles. The highest BCUT2D eigenvalue weighted by Crippen LogP contribution is 2.38. The molecule has 0 saturated carbocycles. The molecule has 0 aliphatic rings. The molecule has 3 rings (SSSR count).